The van der Waals surface area contributed by atoms with Gasteiger partial charge in [0.25, 0.3) is 0 Å². The molecule has 0 aliphatic rings. The normalized spacial score (nSPS) is 15.9. The van der Waals surface area contributed by atoms with Crippen LogP contribution in [-0.4, -0.2) is 22.9 Å². The maximum Gasteiger partial charge on any atom is 0.228 e. The molecule has 2 heteroatoms. The number of amides is 1. The summed E-state index contributed by atoms with van der Waals surface area (Å²) >= 11 is 0. The first kappa shape index (κ1) is 14.5. The predicted octanol–water partition coefficient (Wildman–Crippen LogP) is 3.46. The Labute approximate surface area is 95.0 Å². The molecule has 0 aromatic heterocycles. The van der Waals surface area contributed by atoms with Gasteiger partial charge in [-0.25, -0.2) is 0 Å². The average molecular weight is 213 g/mol. The van der Waals surface area contributed by atoms with Crippen molar-refractivity contribution in [3.8, 4) is 0 Å². The lowest BCUT2D eigenvalue weighted by Gasteiger charge is -2.38. The average Bonchev–Trinajstić information content (AvgIpc) is 2.15. The van der Waals surface area contributed by atoms with E-state index in [1.165, 1.54) is 0 Å². The summed E-state index contributed by atoms with van der Waals surface area (Å²) in [6.45, 7) is 14.5. The number of carbonyl (C=O) groups is 1. The summed E-state index contributed by atoms with van der Waals surface area (Å²) in [6, 6.07) is 0.679. The van der Waals surface area contributed by atoms with Gasteiger partial charge in [0, 0.05) is 17.5 Å². The standard InChI is InChI=1S/C13H27NO/c1-8-10(3)14(11(4)9-2)12(15)13(5,6)7/h10-11H,8-9H2,1-7H3. The van der Waals surface area contributed by atoms with E-state index in [1.54, 1.807) is 0 Å². The van der Waals surface area contributed by atoms with Crippen molar-refractivity contribution in [1.82, 2.24) is 4.90 Å². The van der Waals surface area contributed by atoms with Gasteiger partial charge in [-0.3, -0.25) is 4.79 Å². The molecule has 0 fully saturated rings. The van der Waals surface area contributed by atoms with Crippen LogP contribution in [-0.2, 0) is 4.79 Å². The SMILES string of the molecule is CCC(C)N(C(=O)C(C)(C)C)C(C)CC. The van der Waals surface area contributed by atoms with Gasteiger partial charge in [-0.05, 0) is 26.7 Å². The Bertz CT molecular complexity index is 195. The first-order valence-corrected chi connectivity index (χ1v) is 6.08. The molecule has 1 amide bonds. The molecule has 0 aliphatic carbocycles. The van der Waals surface area contributed by atoms with Gasteiger partial charge in [0.15, 0.2) is 0 Å². The Balaban J connectivity index is 4.87. The van der Waals surface area contributed by atoms with Gasteiger partial charge in [-0.15, -0.1) is 0 Å². The Morgan fingerprint density at radius 3 is 1.60 bits per heavy atom. The van der Waals surface area contributed by atoms with Crippen molar-refractivity contribution in [2.24, 2.45) is 5.41 Å². The molecule has 0 aromatic rings. The smallest absolute Gasteiger partial charge is 0.228 e. The van der Waals surface area contributed by atoms with Gasteiger partial charge < -0.3 is 4.90 Å². The minimum atomic E-state index is -0.271. The minimum absolute atomic E-state index is 0.270. The summed E-state index contributed by atoms with van der Waals surface area (Å²) in [6.07, 6.45) is 2.04. The first-order chi connectivity index (χ1) is 6.75. The Morgan fingerprint density at radius 2 is 1.40 bits per heavy atom. The lowest BCUT2D eigenvalue weighted by atomic mass is 9.92. The molecule has 15 heavy (non-hydrogen) atoms. The molecule has 0 radical (unpaired) electrons. The van der Waals surface area contributed by atoms with Crippen molar-refractivity contribution in [2.75, 3.05) is 0 Å². The lowest BCUT2D eigenvalue weighted by molar-refractivity contribution is -0.144. The zero-order valence-corrected chi connectivity index (χ0v) is 11.4. The van der Waals surface area contributed by atoms with Crippen LogP contribution in [0.1, 0.15) is 61.3 Å². The minimum Gasteiger partial charge on any atom is -0.337 e. The second kappa shape index (κ2) is 5.53. The second-order valence-corrected chi connectivity index (χ2v) is 5.48. The van der Waals surface area contributed by atoms with E-state index in [9.17, 15) is 4.79 Å². The van der Waals surface area contributed by atoms with E-state index in [0.29, 0.717) is 12.1 Å². The monoisotopic (exact) mass is 213 g/mol. The van der Waals surface area contributed by atoms with E-state index < -0.39 is 0 Å². The van der Waals surface area contributed by atoms with Crippen LogP contribution in [0.25, 0.3) is 0 Å². The van der Waals surface area contributed by atoms with Crippen LogP contribution < -0.4 is 0 Å². The molecule has 0 spiro atoms. The largest absolute Gasteiger partial charge is 0.337 e. The first-order valence-electron chi connectivity index (χ1n) is 6.08. The molecule has 0 rings (SSSR count). The van der Waals surface area contributed by atoms with Gasteiger partial charge >= 0.3 is 0 Å². The van der Waals surface area contributed by atoms with E-state index in [2.05, 4.69) is 32.6 Å². The number of hydrogen-bond donors (Lipinski definition) is 0. The highest BCUT2D eigenvalue weighted by molar-refractivity contribution is 5.82. The van der Waals surface area contributed by atoms with Crippen LogP contribution in [0, 0.1) is 5.41 Å². The summed E-state index contributed by atoms with van der Waals surface area (Å²) in [5.74, 6) is 0.270. The Morgan fingerprint density at radius 1 is 1.07 bits per heavy atom. The Hall–Kier alpha value is -0.530. The highest BCUT2D eigenvalue weighted by atomic mass is 16.2. The van der Waals surface area contributed by atoms with Gasteiger partial charge in [0.2, 0.25) is 5.91 Å². The lowest BCUT2D eigenvalue weighted by Crippen LogP contribution is -2.49. The summed E-state index contributed by atoms with van der Waals surface area (Å²) in [7, 11) is 0. The van der Waals surface area contributed by atoms with Crippen molar-refractivity contribution >= 4 is 5.91 Å². The van der Waals surface area contributed by atoms with Crippen molar-refractivity contribution in [3.05, 3.63) is 0 Å². The molecule has 2 nitrogen and oxygen atoms in total. The Kier molecular flexibility index (Phi) is 5.33. The fraction of sp³-hybridized carbons (Fsp3) is 0.923. The maximum atomic E-state index is 12.3. The molecule has 0 aromatic carbocycles. The molecule has 2 atom stereocenters. The van der Waals surface area contributed by atoms with Crippen LogP contribution >= 0.6 is 0 Å². The molecule has 0 saturated carbocycles. The van der Waals surface area contributed by atoms with E-state index in [1.807, 2.05) is 20.8 Å². The van der Waals surface area contributed by atoms with E-state index >= 15 is 0 Å². The highest BCUT2D eigenvalue weighted by Gasteiger charge is 2.31. The van der Waals surface area contributed by atoms with Gasteiger partial charge in [-0.1, -0.05) is 34.6 Å². The van der Waals surface area contributed by atoms with Crippen molar-refractivity contribution in [2.45, 2.75) is 73.4 Å². The zero-order valence-electron chi connectivity index (χ0n) is 11.4. The number of rotatable bonds is 4. The number of nitrogens with zero attached hydrogens (tertiary/aromatic N) is 1. The van der Waals surface area contributed by atoms with E-state index in [4.69, 9.17) is 0 Å². The van der Waals surface area contributed by atoms with Crippen LogP contribution in [0.4, 0.5) is 0 Å². The predicted molar refractivity (Wildman–Crippen MR) is 65.8 cm³/mol. The molecule has 0 saturated heterocycles. The molecule has 0 N–H and O–H groups in total. The summed E-state index contributed by atoms with van der Waals surface area (Å²) < 4.78 is 0. The van der Waals surface area contributed by atoms with Gasteiger partial charge in [-0.2, -0.15) is 0 Å². The van der Waals surface area contributed by atoms with Crippen LogP contribution in [0.5, 0.6) is 0 Å². The van der Waals surface area contributed by atoms with Crippen LogP contribution in [0.15, 0.2) is 0 Å². The number of hydrogen-bond acceptors (Lipinski definition) is 1. The quantitative estimate of drug-likeness (QED) is 0.700. The third-order valence-corrected chi connectivity index (χ3v) is 3.01. The van der Waals surface area contributed by atoms with Crippen LogP contribution in [0.2, 0.25) is 0 Å². The molecule has 0 aliphatic heterocycles. The zero-order chi connectivity index (χ0) is 12.2. The van der Waals surface area contributed by atoms with Gasteiger partial charge in [0.05, 0.1) is 0 Å². The molecule has 90 valence electrons. The van der Waals surface area contributed by atoms with Crippen molar-refractivity contribution < 1.29 is 4.79 Å². The molecule has 2 unspecified atom stereocenters. The van der Waals surface area contributed by atoms with E-state index in [-0.39, 0.29) is 11.3 Å². The topological polar surface area (TPSA) is 20.3 Å². The van der Waals surface area contributed by atoms with E-state index in [0.717, 1.165) is 12.8 Å². The molecule has 0 bridgehead atoms. The van der Waals surface area contributed by atoms with Crippen LogP contribution in [0.3, 0.4) is 0 Å². The summed E-state index contributed by atoms with van der Waals surface area (Å²) in [5, 5.41) is 0. The van der Waals surface area contributed by atoms with Crippen molar-refractivity contribution in [1.29, 1.82) is 0 Å². The third kappa shape index (κ3) is 3.84. The second-order valence-electron chi connectivity index (χ2n) is 5.48. The fourth-order valence-corrected chi connectivity index (χ4v) is 1.62. The molecular weight excluding hydrogens is 186 g/mol. The maximum absolute atomic E-state index is 12.3. The van der Waals surface area contributed by atoms with Crippen molar-refractivity contribution in [3.63, 3.8) is 0 Å². The third-order valence-electron chi connectivity index (χ3n) is 3.01. The fourth-order valence-electron chi connectivity index (χ4n) is 1.62. The molecule has 0 heterocycles. The summed E-state index contributed by atoms with van der Waals surface area (Å²) in [5.41, 5.74) is -0.271. The molecular formula is C13H27NO. The summed E-state index contributed by atoms with van der Waals surface area (Å²) in [4.78, 5) is 14.3. The number of carbonyl (C=O) groups excluding carboxylic acids is 1. The van der Waals surface area contributed by atoms with Gasteiger partial charge in [0.1, 0.15) is 0 Å². The highest BCUT2D eigenvalue weighted by Crippen LogP contribution is 2.23.